The number of rotatable bonds is 6. The number of halogens is 2. The van der Waals surface area contributed by atoms with E-state index >= 15 is 0 Å². The van der Waals surface area contributed by atoms with Crippen LogP contribution >= 0.6 is 0 Å². The number of aromatic nitrogens is 1. The van der Waals surface area contributed by atoms with Gasteiger partial charge in [0.05, 0.1) is 19.8 Å². The molecule has 1 aromatic carbocycles. The van der Waals surface area contributed by atoms with E-state index < -0.39 is 35.6 Å². The topological polar surface area (TPSA) is 112 Å². The molecule has 7 nitrogen and oxygen atoms in total. The van der Waals surface area contributed by atoms with Gasteiger partial charge < -0.3 is 14.9 Å². The van der Waals surface area contributed by atoms with E-state index in [1.165, 1.54) is 17.7 Å². The van der Waals surface area contributed by atoms with E-state index in [4.69, 9.17) is 9.94 Å². The third-order valence-electron chi connectivity index (χ3n) is 3.25. The Morgan fingerprint density at radius 1 is 1.25 bits per heavy atom. The van der Waals surface area contributed by atoms with Crippen molar-refractivity contribution < 1.29 is 33.7 Å². The number of benzene rings is 1. The number of carbonyl (C=O) groups is 1. The minimum Gasteiger partial charge on any atom is -0.505 e. The molecule has 24 heavy (non-hydrogen) atoms. The highest BCUT2D eigenvalue weighted by molar-refractivity contribution is 5.94. The molecular formula is C15H14F2N2O5. The Hall–Kier alpha value is -2.62. The van der Waals surface area contributed by atoms with Crippen LogP contribution in [-0.2, 0) is 24.6 Å². The van der Waals surface area contributed by atoms with Gasteiger partial charge in [0.25, 0.3) is 5.91 Å². The summed E-state index contributed by atoms with van der Waals surface area (Å²) in [7, 11) is 0. The number of carbonyl (C=O) groups excluding carboxylic acids is 1. The first-order chi connectivity index (χ1) is 11.5. The average Bonchev–Trinajstić information content (AvgIpc) is 2.56. The average molecular weight is 340 g/mol. The van der Waals surface area contributed by atoms with Crippen molar-refractivity contribution in [3.05, 3.63) is 58.4 Å². The Labute approximate surface area is 135 Å². The second-order valence-corrected chi connectivity index (χ2v) is 4.79. The molecule has 0 saturated heterocycles. The third kappa shape index (κ3) is 3.82. The van der Waals surface area contributed by atoms with Crippen LogP contribution in [0, 0.1) is 11.6 Å². The van der Waals surface area contributed by atoms with Crippen molar-refractivity contribution >= 4 is 5.91 Å². The normalized spacial score (nSPS) is 10.7. The summed E-state index contributed by atoms with van der Waals surface area (Å²) in [5, 5.41) is 27.8. The molecule has 0 saturated carbocycles. The molecular weight excluding hydrogens is 326 g/mol. The summed E-state index contributed by atoms with van der Waals surface area (Å²) in [6, 6.07) is 3.06. The van der Waals surface area contributed by atoms with Crippen LogP contribution in [0.1, 0.15) is 27.2 Å². The Balaban J connectivity index is 2.12. The zero-order valence-electron chi connectivity index (χ0n) is 12.3. The fraction of sp³-hybridized carbons (Fsp3) is 0.200. The number of hydrogen-bond donors (Lipinski definition) is 4. The van der Waals surface area contributed by atoms with Crippen molar-refractivity contribution in [3.8, 4) is 5.75 Å². The van der Waals surface area contributed by atoms with E-state index in [0.717, 1.165) is 12.1 Å². The van der Waals surface area contributed by atoms with Gasteiger partial charge in [-0.25, -0.2) is 19.2 Å². The van der Waals surface area contributed by atoms with Crippen LogP contribution in [0.4, 0.5) is 8.78 Å². The van der Waals surface area contributed by atoms with Crippen LogP contribution in [0.5, 0.6) is 5.75 Å². The van der Waals surface area contributed by atoms with Crippen LogP contribution in [-0.4, -0.2) is 26.3 Å². The Bertz CT molecular complexity index is 755. The van der Waals surface area contributed by atoms with E-state index in [-0.39, 0.29) is 29.9 Å². The smallest absolute Gasteiger partial charge is 0.297 e. The summed E-state index contributed by atoms with van der Waals surface area (Å²) < 4.78 is 31.6. The predicted molar refractivity (Wildman–Crippen MR) is 75.9 cm³/mol. The lowest BCUT2D eigenvalue weighted by atomic mass is 10.1. The predicted octanol–water partition coefficient (Wildman–Crippen LogP) is 1.39. The summed E-state index contributed by atoms with van der Waals surface area (Å²) in [6.07, 6.45) is 1.18. The van der Waals surface area contributed by atoms with E-state index in [1.54, 1.807) is 0 Å². The van der Waals surface area contributed by atoms with Gasteiger partial charge in [-0.05, 0) is 6.07 Å². The molecule has 1 heterocycles. The van der Waals surface area contributed by atoms with Crippen molar-refractivity contribution in [3.63, 3.8) is 0 Å². The van der Waals surface area contributed by atoms with Gasteiger partial charge in [0.1, 0.15) is 11.6 Å². The number of amides is 1. The second kappa shape index (κ2) is 7.77. The number of nitrogens with one attached hydrogen (secondary N) is 1. The van der Waals surface area contributed by atoms with Crippen LogP contribution < -0.4 is 5.48 Å². The van der Waals surface area contributed by atoms with Gasteiger partial charge in [0.2, 0.25) is 0 Å². The molecule has 9 heteroatoms. The molecule has 0 unspecified atom stereocenters. The van der Waals surface area contributed by atoms with E-state index in [0.29, 0.717) is 0 Å². The number of aliphatic hydroxyl groups excluding tert-OH is 1. The maximum absolute atomic E-state index is 13.5. The minimum absolute atomic E-state index is 0.0109. The fourth-order valence-corrected chi connectivity index (χ4v) is 2.01. The molecule has 128 valence electrons. The van der Waals surface area contributed by atoms with Crippen LogP contribution in [0.2, 0.25) is 0 Å². The van der Waals surface area contributed by atoms with Crippen LogP contribution in [0.25, 0.3) is 0 Å². The lowest BCUT2D eigenvalue weighted by Gasteiger charge is -2.12. The van der Waals surface area contributed by atoms with Crippen LogP contribution in [0.3, 0.4) is 0 Å². The maximum Gasteiger partial charge on any atom is 0.297 e. The molecule has 4 N–H and O–H groups in total. The van der Waals surface area contributed by atoms with Crippen molar-refractivity contribution in [2.75, 3.05) is 0 Å². The molecule has 0 bridgehead atoms. The molecule has 0 aliphatic rings. The monoisotopic (exact) mass is 340 g/mol. The quantitative estimate of drug-likeness (QED) is 0.467. The number of pyridine rings is 1. The molecule has 1 aromatic heterocycles. The minimum atomic E-state index is -1.04. The van der Waals surface area contributed by atoms with Crippen molar-refractivity contribution in [2.24, 2.45) is 0 Å². The molecule has 0 aliphatic heterocycles. The molecule has 0 spiro atoms. The van der Waals surface area contributed by atoms with Gasteiger partial charge >= 0.3 is 0 Å². The van der Waals surface area contributed by atoms with E-state index in [2.05, 4.69) is 4.98 Å². The number of aromatic hydroxyl groups is 1. The first-order valence-corrected chi connectivity index (χ1v) is 6.74. The SMILES string of the molecule is O=C(NO)c1ncc(COCc2ccc(F)cc2F)c(CO)c1O. The summed E-state index contributed by atoms with van der Waals surface area (Å²) >= 11 is 0. The molecule has 0 fully saturated rings. The Morgan fingerprint density at radius 2 is 1.96 bits per heavy atom. The highest BCUT2D eigenvalue weighted by atomic mass is 19.1. The van der Waals surface area contributed by atoms with Gasteiger partial charge in [-0.15, -0.1) is 0 Å². The maximum atomic E-state index is 13.5. The summed E-state index contributed by atoms with van der Waals surface area (Å²) in [4.78, 5) is 15.0. The van der Waals surface area contributed by atoms with E-state index in [9.17, 15) is 23.8 Å². The standard InChI is InChI=1S/C15H14F2N2O5/c16-10-2-1-8(12(17)3-10)6-24-7-9-4-18-13(15(22)19-23)14(21)11(9)5-20/h1-4,20-21,23H,5-7H2,(H,19,22). The first kappa shape index (κ1) is 17.7. The lowest BCUT2D eigenvalue weighted by molar-refractivity contribution is 0.0696. The zero-order valence-corrected chi connectivity index (χ0v) is 12.3. The van der Waals surface area contributed by atoms with Crippen molar-refractivity contribution in [2.45, 2.75) is 19.8 Å². The van der Waals surface area contributed by atoms with Gasteiger partial charge in [0.15, 0.2) is 11.4 Å². The summed E-state index contributed by atoms with van der Waals surface area (Å²) in [5.74, 6) is -3.10. The molecule has 0 atom stereocenters. The number of nitrogens with zero attached hydrogens (tertiary/aromatic N) is 1. The lowest BCUT2D eigenvalue weighted by Crippen LogP contribution is -2.21. The second-order valence-electron chi connectivity index (χ2n) is 4.79. The molecule has 2 aromatic rings. The zero-order chi connectivity index (χ0) is 17.7. The van der Waals surface area contributed by atoms with Gasteiger partial charge in [-0.2, -0.15) is 0 Å². The number of ether oxygens (including phenoxy) is 1. The highest BCUT2D eigenvalue weighted by Crippen LogP contribution is 2.25. The number of hydroxylamine groups is 1. The molecule has 0 aliphatic carbocycles. The van der Waals surface area contributed by atoms with Crippen molar-refractivity contribution in [1.82, 2.24) is 10.5 Å². The van der Waals surface area contributed by atoms with Crippen molar-refractivity contribution in [1.29, 1.82) is 0 Å². The molecule has 0 radical (unpaired) electrons. The van der Waals surface area contributed by atoms with Gasteiger partial charge in [-0.1, -0.05) is 6.07 Å². The van der Waals surface area contributed by atoms with E-state index in [1.807, 2.05) is 0 Å². The summed E-state index contributed by atoms with van der Waals surface area (Å²) in [5.41, 5.74) is 1.25. The molecule has 1 amide bonds. The Kier molecular flexibility index (Phi) is 5.74. The highest BCUT2D eigenvalue weighted by Gasteiger charge is 2.18. The molecule has 2 rings (SSSR count). The number of hydrogen-bond acceptors (Lipinski definition) is 6. The summed E-state index contributed by atoms with van der Waals surface area (Å²) in [6.45, 7) is -0.922. The van der Waals surface area contributed by atoms with Gasteiger partial charge in [0, 0.05) is 29.0 Å². The third-order valence-corrected chi connectivity index (χ3v) is 3.25. The number of aliphatic hydroxyl groups is 1. The fourth-order valence-electron chi connectivity index (χ4n) is 2.01. The van der Waals surface area contributed by atoms with Crippen LogP contribution in [0.15, 0.2) is 24.4 Å². The Morgan fingerprint density at radius 3 is 2.58 bits per heavy atom. The largest absolute Gasteiger partial charge is 0.505 e. The van der Waals surface area contributed by atoms with Gasteiger partial charge in [-0.3, -0.25) is 10.0 Å². The first-order valence-electron chi connectivity index (χ1n) is 6.74.